The van der Waals surface area contributed by atoms with Gasteiger partial charge in [0, 0.05) is 12.2 Å². The summed E-state index contributed by atoms with van der Waals surface area (Å²) >= 11 is 0. The lowest BCUT2D eigenvalue weighted by Gasteiger charge is -2.21. The predicted molar refractivity (Wildman–Crippen MR) is 163 cm³/mol. The summed E-state index contributed by atoms with van der Waals surface area (Å²) in [6.45, 7) is 3.30. The SMILES string of the molecule is Cc1ccc(NC(=O)COc2ccc(/C=N/NC(=O)CN(Cc3ccccc3)S(=O)(=O)c3ccc(C)cc3)cc2)cc1. The average Bonchev–Trinajstić information content (AvgIpc) is 2.98. The van der Waals surface area contributed by atoms with Crippen LogP contribution in [0.4, 0.5) is 5.69 Å². The van der Waals surface area contributed by atoms with E-state index in [9.17, 15) is 18.0 Å². The number of nitrogens with zero attached hydrogens (tertiary/aromatic N) is 2. The van der Waals surface area contributed by atoms with E-state index in [2.05, 4.69) is 15.8 Å². The monoisotopic (exact) mass is 584 g/mol. The molecule has 2 N–H and O–H groups in total. The number of hydrazone groups is 1. The highest BCUT2D eigenvalue weighted by Crippen LogP contribution is 2.19. The molecule has 0 heterocycles. The minimum absolute atomic E-state index is 0.0265. The van der Waals surface area contributed by atoms with Gasteiger partial charge in [-0.1, -0.05) is 65.7 Å². The summed E-state index contributed by atoms with van der Waals surface area (Å²) in [6, 6.07) is 29.8. The Morgan fingerprint density at radius 2 is 1.43 bits per heavy atom. The maximum Gasteiger partial charge on any atom is 0.262 e. The van der Waals surface area contributed by atoms with Crippen LogP contribution in [-0.2, 0) is 26.2 Å². The number of nitrogens with one attached hydrogen (secondary N) is 2. The van der Waals surface area contributed by atoms with Crippen molar-refractivity contribution in [2.24, 2.45) is 5.10 Å². The molecule has 2 amide bonds. The second kappa shape index (κ2) is 14.2. The summed E-state index contributed by atoms with van der Waals surface area (Å²) < 4.78 is 33.4. The molecule has 0 aliphatic carbocycles. The first-order valence-electron chi connectivity index (χ1n) is 13.2. The molecule has 0 unspecified atom stereocenters. The van der Waals surface area contributed by atoms with Crippen LogP contribution < -0.4 is 15.5 Å². The number of rotatable bonds is 12. The van der Waals surface area contributed by atoms with Crippen molar-refractivity contribution in [2.45, 2.75) is 25.3 Å². The molecule has 9 nitrogen and oxygen atoms in total. The van der Waals surface area contributed by atoms with E-state index in [-0.39, 0.29) is 24.0 Å². The van der Waals surface area contributed by atoms with Crippen molar-refractivity contribution in [3.8, 4) is 5.75 Å². The molecular formula is C32H32N4O5S. The number of carbonyl (C=O) groups excluding carboxylic acids is 2. The van der Waals surface area contributed by atoms with Crippen LogP contribution in [0, 0.1) is 13.8 Å². The van der Waals surface area contributed by atoms with Crippen LogP contribution in [0.15, 0.2) is 113 Å². The number of benzene rings is 4. The van der Waals surface area contributed by atoms with Gasteiger partial charge in [-0.05, 0) is 73.5 Å². The highest BCUT2D eigenvalue weighted by molar-refractivity contribution is 7.89. The van der Waals surface area contributed by atoms with E-state index in [1.54, 1.807) is 48.5 Å². The van der Waals surface area contributed by atoms with Gasteiger partial charge >= 0.3 is 0 Å². The molecule has 0 radical (unpaired) electrons. The number of hydrogen-bond donors (Lipinski definition) is 2. The molecule has 0 aliphatic heterocycles. The lowest BCUT2D eigenvalue weighted by Crippen LogP contribution is -2.39. The minimum atomic E-state index is -3.95. The molecule has 0 aliphatic rings. The van der Waals surface area contributed by atoms with Crippen molar-refractivity contribution in [1.82, 2.24) is 9.73 Å². The van der Waals surface area contributed by atoms with Crippen LogP contribution in [-0.4, -0.2) is 43.9 Å². The minimum Gasteiger partial charge on any atom is -0.484 e. The number of anilines is 1. The Labute approximate surface area is 245 Å². The highest BCUT2D eigenvalue weighted by Gasteiger charge is 2.26. The molecule has 0 fully saturated rings. The Morgan fingerprint density at radius 1 is 0.810 bits per heavy atom. The fraction of sp³-hybridized carbons (Fsp3) is 0.156. The Morgan fingerprint density at radius 3 is 2.07 bits per heavy atom. The molecule has 4 aromatic rings. The second-order valence-corrected chi connectivity index (χ2v) is 11.6. The van der Waals surface area contributed by atoms with E-state index < -0.39 is 22.5 Å². The van der Waals surface area contributed by atoms with Gasteiger partial charge in [-0.15, -0.1) is 0 Å². The first-order valence-corrected chi connectivity index (χ1v) is 14.6. The smallest absolute Gasteiger partial charge is 0.262 e. The van der Waals surface area contributed by atoms with Crippen LogP contribution in [0.3, 0.4) is 0 Å². The van der Waals surface area contributed by atoms with Crippen molar-refractivity contribution in [2.75, 3.05) is 18.5 Å². The molecular weight excluding hydrogens is 552 g/mol. The van der Waals surface area contributed by atoms with Crippen LogP contribution in [0.1, 0.15) is 22.3 Å². The predicted octanol–water partition coefficient (Wildman–Crippen LogP) is 4.66. The van der Waals surface area contributed by atoms with Crippen molar-refractivity contribution in [3.05, 3.63) is 125 Å². The van der Waals surface area contributed by atoms with Crippen LogP contribution in [0.25, 0.3) is 0 Å². The van der Waals surface area contributed by atoms with Crippen LogP contribution >= 0.6 is 0 Å². The van der Waals surface area contributed by atoms with Gasteiger partial charge in [0.05, 0.1) is 17.7 Å². The maximum atomic E-state index is 13.4. The number of sulfonamides is 1. The van der Waals surface area contributed by atoms with Crippen molar-refractivity contribution >= 4 is 33.7 Å². The normalized spacial score (nSPS) is 11.4. The van der Waals surface area contributed by atoms with E-state index >= 15 is 0 Å². The summed E-state index contributed by atoms with van der Waals surface area (Å²) in [4.78, 5) is 25.0. The first-order chi connectivity index (χ1) is 20.2. The molecule has 0 saturated heterocycles. The van der Waals surface area contributed by atoms with E-state index in [0.717, 1.165) is 21.0 Å². The Balaban J connectivity index is 1.32. The zero-order chi connectivity index (χ0) is 30.0. The van der Waals surface area contributed by atoms with Crippen molar-refractivity contribution < 1.29 is 22.7 Å². The number of carbonyl (C=O) groups is 2. The molecule has 216 valence electrons. The van der Waals surface area contributed by atoms with Crippen molar-refractivity contribution in [1.29, 1.82) is 0 Å². The maximum absolute atomic E-state index is 13.4. The van der Waals surface area contributed by atoms with Gasteiger partial charge < -0.3 is 10.1 Å². The highest BCUT2D eigenvalue weighted by atomic mass is 32.2. The van der Waals surface area contributed by atoms with E-state index in [0.29, 0.717) is 17.0 Å². The molecule has 4 aromatic carbocycles. The summed E-state index contributed by atoms with van der Waals surface area (Å²) in [5.41, 5.74) is 6.54. The summed E-state index contributed by atoms with van der Waals surface area (Å²) in [7, 11) is -3.95. The van der Waals surface area contributed by atoms with Gasteiger partial charge in [0.25, 0.3) is 11.8 Å². The van der Waals surface area contributed by atoms with E-state index in [1.807, 2.05) is 56.3 Å². The quantitative estimate of drug-likeness (QED) is 0.186. The largest absolute Gasteiger partial charge is 0.484 e. The topological polar surface area (TPSA) is 117 Å². The van der Waals surface area contributed by atoms with Gasteiger partial charge in [-0.25, -0.2) is 13.8 Å². The van der Waals surface area contributed by atoms with Gasteiger partial charge in [0.15, 0.2) is 6.61 Å². The zero-order valence-electron chi connectivity index (χ0n) is 23.4. The third-order valence-corrected chi connectivity index (χ3v) is 7.97. The summed E-state index contributed by atoms with van der Waals surface area (Å²) in [6.07, 6.45) is 1.43. The van der Waals surface area contributed by atoms with E-state index in [4.69, 9.17) is 4.74 Å². The second-order valence-electron chi connectivity index (χ2n) is 9.64. The van der Waals surface area contributed by atoms with Gasteiger partial charge in [-0.3, -0.25) is 9.59 Å². The third-order valence-electron chi connectivity index (χ3n) is 6.17. The van der Waals surface area contributed by atoms with Crippen LogP contribution in [0.5, 0.6) is 5.75 Å². The van der Waals surface area contributed by atoms with Crippen molar-refractivity contribution in [3.63, 3.8) is 0 Å². The van der Waals surface area contributed by atoms with Crippen LogP contribution in [0.2, 0.25) is 0 Å². The number of aryl methyl sites for hydroxylation is 2. The number of ether oxygens (including phenoxy) is 1. The number of amides is 2. The molecule has 4 rings (SSSR count). The third kappa shape index (κ3) is 8.85. The summed E-state index contributed by atoms with van der Waals surface area (Å²) in [5.74, 6) is -0.372. The molecule has 0 spiro atoms. The Kier molecular flexibility index (Phi) is 10.2. The summed E-state index contributed by atoms with van der Waals surface area (Å²) in [5, 5.41) is 6.74. The number of hydrogen-bond acceptors (Lipinski definition) is 6. The fourth-order valence-electron chi connectivity index (χ4n) is 3.88. The molecule has 0 bridgehead atoms. The average molecular weight is 585 g/mol. The molecule has 10 heteroatoms. The zero-order valence-corrected chi connectivity index (χ0v) is 24.2. The van der Waals surface area contributed by atoms with Gasteiger partial charge in [0.2, 0.25) is 10.0 Å². The fourth-order valence-corrected chi connectivity index (χ4v) is 5.26. The van der Waals surface area contributed by atoms with Gasteiger partial charge in [-0.2, -0.15) is 9.41 Å². The molecule has 42 heavy (non-hydrogen) atoms. The molecule has 0 atom stereocenters. The van der Waals surface area contributed by atoms with E-state index in [1.165, 1.54) is 18.3 Å². The lowest BCUT2D eigenvalue weighted by molar-refractivity contribution is -0.121. The molecule has 0 saturated carbocycles. The Hall–Kier alpha value is -4.80. The molecule has 0 aromatic heterocycles. The Bertz CT molecular complexity index is 1620. The lowest BCUT2D eigenvalue weighted by atomic mass is 10.2. The first kappa shape index (κ1) is 30.2. The standard InChI is InChI=1S/C32H32N4O5S/c1-24-8-14-28(15-9-24)34-32(38)23-41-29-16-12-26(13-17-29)20-33-35-31(37)22-36(21-27-6-4-3-5-7-27)42(39,40)30-18-10-25(2)11-19-30/h3-20H,21-23H2,1-2H3,(H,34,38)(H,35,37)/b33-20+. The van der Waals surface area contributed by atoms with Gasteiger partial charge in [0.1, 0.15) is 5.75 Å².